The monoisotopic (exact) mass is 858 g/mol. The van der Waals surface area contributed by atoms with Crippen molar-refractivity contribution in [3.05, 3.63) is 149 Å². The van der Waals surface area contributed by atoms with E-state index in [0.717, 1.165) is 6.42 Å². The first-order chi connectivity index (χ1) is 30.4. The van der Waals surface area contributed by atoms with Gasteiger partial charge in [0, 0.05) is 45.2 Å². The van der Waals surface area contributed by atoms with Gasteiger partial charge in [0.15, 0.2) is 0 Å². The molecule has 0 spiro atoms. The van der Waals surface area contributed by atoms with E-state index in [-0.39, 0.29) is 39.3 Å². The number of hydrogen-bond donors (Lipinski definition) is 0. The third-order valence-electron chi connectivity index (χ3n) is 16.3. The summed E-state index contributed by atoms with van der Waals surface area (Å²) in [5, 5.41) is 0. The summed E-state index contributed by atoms with van der Waals surface area (Å²) >= 11 is 0. The Morgan fingerprint density at radius 2 is 0.985 bits per heavy atom. The number of nitrogens with zero attached hydrogens (tertiary/aromatic N) is 3. The molecule has 3 heterocycles. The Balaban J connectivity index is 1.32. The van der Waals surface area contributed by atoms with Crippen molar-refractivity contribution in [2.45, 2.75) is 162 Å². The van der Waals surface area contributed by atoms with Gasteiger partial charge < -0.3 is 14.7 Å². The molecular formula is C61H72BN3. The van der Waals surface area contributed by atoms with E-state index in [9.17, 15) is 0 Å². The maximum atomic E-state index is 2.89. The summed E-state index contributed by atoms with van der Waals surface area (Å²) in [4.78, 5) is 8.04. The van der Waals surface area contributed by atoms with Crippen LogP contribution >= 0.6 is 0 Å². The van der Waals surface area contributed by atoms with Crippen LogP contribution in [0.25, 0.3) is 0 Å². The van der Waals surface area contributed by atoms with Gasteiger partial charge >= 0.3 is 0 Å². The summed E-state index contributed by atoms with van der Waals surface area (Å²) in [6, 6.07) is 45.9. The average Bonchev–Trinajstić information content (AvgIpc) is 3.44. The molecule has 0 aromatic heterocycles. The molecule has 0 bridgehead atoms. The number of anilines is 8. The van der Waals surface area contributed by atoms with Crippen LogP contribution in [0, 0.1) is 6.92 Å². The van der Waals surface area contributed by atoms with Crippen molar-refractivity contribution in [3.8, 4) is 0 Å². The van der Waals surface area contributed by atoms with Crippen molar-refractivity contribution < 1.29 is 0 Å². The molecule has 3 nitrogen and oxygen atoms in total. The Hall–Kier alpha value is -5.22. The summed E-state index contributed by atoms with van der Waals surface area (Å²) in [5.41, 5.74) is 22.8. The van der Waals surface area contributed by atoms with Crippen molar-refractivity contribution in [2.75, 3.05) is 14.7 Å². The van der Waals surface area contributed by atoms with E-state index in [1.54, 1.807) is 5.56 Å². The fourth-order valence-corrected chi connectivity index (χ4v) is 12.1. The van der Waals surface area contributed by atoms with Crippen LogP contribution in [0.3, 0.4) is 0 Å². The summed E-state index contributed by atoms with van der Waals surface area (Å²) in [6.07, 6.45) is 4.87. The summed E-state index contributed by atoms with van der Waals surface area (Å²) < 4.78 is 0. The van der Waals surface area contributed by atoms with E-state index < -0.39 is 0 Å². The Morgan fingerprint density at radius 1 is 0.492 bits per heavy atom. The number of hydrogen-bond acceptors (Lipinski definition) is 3. The standard InChI is InChI=1S/C61H72BN3/c1-39-34-48-55-50(35-39)62-49-36-43(59(11,12)13)24-31-51(49)64(46-29-22-42(23-30-46)58(8,9)10)52-37-47(38-53(54(52)62)65(55)61(15)33-17-16-32-60(48,61)14)63(44-25-18-40(19-26-44)56(2,3)4)45-27-20-41(21-28-45)57(5,6)7/h18-31,34-38H,16-17,32-33H2,1-15H3. The molecule has 2 atom stereocenters. The summed E-state index contributed by atoms with van der Waals surface area (Å²) in [7, 11) is 0. The maximum Gasteiger partial charge on any atom is 0.252 e. The largest absolute Gasteiger partial charge is 0.335 e. The van der Waals surface area contributed by atoms with E-state index >= 15 is 0 Å². The Labute approximate surface area is 392 Å². The van der Waals surface area contributed by atoms with Crippen molar-refractivity contribution >= 4 is 68.6 Å². The van der Waals surface area contributed by atoms with Crippen LogP contribution in [0.5, 0.6) is 0 Å². The molecule has 1 saturated carbocycles. The second-order valence-corrected chi connectivity index (χ2v) is 24.8. The number of aryl methyl sites for hydroxylation is 1. The van der Waals surface area contributed by atoms with Gasteiger partial charge in [0.05, 0.1) is 11.2 Å². The van der Waals surface area contributed by atoms with Crippen molar-refractivity contribution in [3.63, 3.8) is 0 Å². The molecule has 6 aromatic carbocycles. The zero-order valence-electron chi connectivity index (χ0n) is 42.2. The van der Waals surface area contributed by atoms with E-state index in [2.05, 4.69) is 234 Å². The smallest absolute Gasteiger partial charge is 0.252 e. The van der Waals surface area contributed by atoms with Crippen molar-refractivity contribution in [1.29, 1.82) is 0 Å². The van der Waals surface area contributed by atoms with Gasteiger partial charge in [0.1, 0.15) is 0 Å². The molecule has 2 unspecified atom stereocenters. The van der Waals surface area contributed by atoms with E-state index in [1.165, 1.54) is 109 Å². The first kappa shape index (κ1) is 43.7. The molecule has 1 fully saturated rings. The van der Waals surface area contributed by atoms with Crippen LogP contribution in [-0.4, -0.2) is 12.3 Å². The van der Waals surface area contributed by atoms with Crippen LogP contribution < -0.4 is 31.1 Å². The lowest BCUT2D eigenvalue weighted by Crippen LogP contribution is -2.64. The van der Waals surface area contributed by atoms with Gasteiger partial charge in [-0.15, -0.1) is 0 Å². The Kier molecular flexibility index (Phi) is 9.67. The fourth-order valence-electron chi connectivity index (χ4n) is 12.1. The lowest BCUT2D eigenvalue weighted by molar-refractivity contribution is 0.195. The highest BCUT2D eigenvalue weighted by Crippen LogP contribution is 2.62. The predicted molar refractivity (Wildman–Crippen MR) is 283 cm³/mol. The summed E-state index contributed by atoms with van der Waals surface area (Å²) in [6.45, 7) is 35.5. The van der Waals surface area contributed by atoms with Gasteiger partial charge in [-0.05, 0) is 147 Å². The number of rotatable bonds is 4. The van der Waals surface area contributed by atoms with Gasteiger partial charge in [0.2, 0.25) is 0 Å². The highest BCUT2D eigenvalue weighted by atomic mass is 15.3. The molecule has 10 rings (SSSR count). The van der Waals surface area contributed by atoms with Crippen LogP contribution in [0.15, 0.2) is 115 Å². The van der Waals surface area contributed by atoms with Gasteiger partial charge in [-0.3, -0.25) is 0 Å². The molecule has 65 heavy (non-hydrogen) atoms. The minimum Gasteiger partial charge on any atom is -0.335 e. The molecule has 3 aliphatic heterocycles. The van der Waals surface area contributed by atoms with Crippen LogP contribution in [0.1, 0.15) is 156 Å². The normalized spacial score (nSPS) is 20.0. The van der Waals surface area contributed by atoms with Gasteiger partial charge in [-0.1, -0.05) is 169 Å². The molecule has 0 amide bonds. The van der Waals surface area contributed by atoms with Gasteiger partial charge in [-0.2, -0.15) is 0 Å². The molecule has 4 aliphatic rings. The van der Waals surface area contributed by atoms with E-state index in [0.29, 0.717) is 0 Å². The Bertz CT molecular complexity index is 2780. The average molecular weight is 858 g/mol. The minimum atomic E-state index is -0.0895. The SMILES string of the molecule is Cc1cc2c3c(c1)C1(C)CCCCC1(C)N3c1cc(N(c3ccc(C(C)(C)C)cc3)c3ccc(C(C)(C)C)cc3)cc3c1B2c1cc(C(C)(C)C)ccc1N3c1ccc(C(C)(C)C)cc1. The van der Waals surface area contributed by atoms with Crippen molar-refractivity contribution in [1.82, 2.24) is 0 Å². The fraction of sp³-hybridized carbons (Fsp3) is 0.410. The third kappa shape index (κ3) is 6.73. The lowest BCUT2D eigenvalue weighted by atomic mass is 9.33. The quantitative estimate of drug-likeness (QED) is 0.163. The van der Waals surface area contributed by atoms with Gasteiger partial charge in [-0.25, -0.2) is 0 Å². The predicted octanol–water partition coefficient (Wildman–Crippen LogP) is 15.0. The first-order valence-corrected chi connectivity index (χ1v) is 24.6. The van der Waals surface area contributed by atoms with E-state index in [1.807, 2.05) is 0 Å². The highest BCUT2D eigenvalue weighted by Gasteiger charge is 2.61. The second-order valence-electron chi connectivity index (χ2n) is 24.8. The molecule has 1 aliphatic carbocycles. The minimum absolute atomic E-state index is 0.00207. The first-order valence-electron chi connectivity index (χ1n) is 24.6. The molecule has 4 heteroatoms. The third-order valence-corrected chi connectivity index (χ3v) is 16.3. The molecule has 334 valence electrons. The maximum absolute atomic E-state index is 2.89. The van der Waals surface area contributed by atoms with Crippen LogP contribution in [-0.2, 0) is 27.1 Å². The topological polar surface area (TPSA) is 9.72 Å². The van der Waals surface area contributed by atoms with Crippen LogP contribution in [0.4, 0.5) is 45.5 Å². The summed E-state index contributed by atoms with van der Waals surface area (Å²) in [5.74, 6) is 0. The number of fused-ring (bicyclic) bond motifs is 7. The van der Waals surface area contributed by atoms with Gasteiger partial charge in [0.25, 0.3) is 6.71 Å². The molecular weight excluding hydrogens is 786 g/mol. The second kappa shape index (κ2) is 14.4. The van der Waals surface area contributed by atoms with E-state index in [4.69, 9.17) is 0 Å². The van der Waals surface area contributed by atoms with Crippen molar-refractivity contribution in [2.24, 2.45) is 0 Å². The number of benzene rings is 6. The Morgan fingerprint density at radius 3 is 1.52 bits per heavy atom. The molecule has 0 radical (unpaired) electrons. The zero-order chi connectivity index (χ0) is 46.4. The molecule has 0 saturated heterocycles. The molecule has 0 N–H and O–H groups in total. The zero-order valence-corrected chi connectivity index (χ0v) is 42.2. The van der Waals surface area contributed by atoms with Crippen LogP contribution in [0.2, 0.25) is 0 Å². The molecule has 6 aromatic rings. The lowest BCUT2D eigenvalue weighted by Gasteiger charge is -2.53. The highest BCUT2D eigenvalue weighted by molar-refractivity contribution is 7.00.